The molecule has 1 amide bonds. The fourth-order valence-electron chi connectivity index (χ4n) is 2.48. The Balaban J connectivity index is 1.90. The van der Waals surface area contributed by atoms with Gasteiger partial charge in [-0.25, -0.2) is 9.48 Å². The van der Waals surface area contributed by atoms with Crippen LogP contribution in [-0.4, -0.2) is 40.2 Å². The average molecular weight is 371 g/mol. The first kappa shape index (κ1) is 20.4. The van der Waals surface area contributed by atoms with Crippen LogP contribution in [0.2, 0.25) is 0 Å². The molecule has 0 N–H and O–H groups in total. The first-order valence-corrected chi connectivity index (χ1v) is 9.01. The van der Waals surface area contributed by atoms with E-state index < -0.39 is 5.97 Å². The molecular weight excluding hydrogens is 346 g/mol. The third-order valence-electron chi connectivity index (χ3n) is 4.11. The molecule has 0 unspecified atom stereocenters. The summed E-state index contributed by atoms with van der Waals surface area (Å²) in [5.41, 5.74) is 1.97. The predicted octanol–water partition coefficient (Wildman–Crippen LogP) is 2.03. The lowest BCUT2D eigenvalue weighted by atomic mass is 10.1. The van der Waals surface area contributed by atoms with Crippen molar-refractivity contribution in [2.45, 2.75) is 39.8 Å². The number of nitrogens with zero attached hydrogens (tertiary/aromatic N) is 3. The molecule has 1 heterocycles. The number of carbonyl (C=O) groups is 2. The quantitative estimate of drug-likeness (QED) is 0.663. The van der Waals surface area contributed by atoms with E-state index in [2.05, 4.69) is 12.0 Å². The molecule has 27 heavy (non-hydrogen) atoms. The Hall–Kier alpha value is -2.96. The summed E-state index contributed by atoms with van der Waals surface area (Å²) in [4.78, 5) is 37.4. The summed E-state index contributed by atoms with van der Waals surface area (Å²) in [7, 11) is 1.66. The van der Waals surface area contributed by atoms with Gasteiger partial charge in [-0.05, 0) is 30.0 Å². The van der Waals surface area contributed by atoms with Gasteiger partial charge in [0.05, 0.1) is 0 Å². The number of benzene rings is 1. The maximum Gasteiger partial charge on any atom is 0.359 e. The van der Waals surface area contributed by atoms with Crippen molar-refractivity contribution in [2.24, 2.45) is 0 Å². The Morgan fingerprint density at radius 2 is 1.74 bits per heavy atom. The summed E-state index contributed by atoms with van der Waals surface area (Å²) in [6.07, 6.45) is 1.68. The molecule has 0 aliphatic rings. The summed E-state index contributed by atoms with van der Waals surface area (Å²) in [5.74, 6) is -1.04. The number of amides is 1. The Morgan fingerprint density at radius 3 is 2.37 bits per heavy atom. The minimum absolute atomic E-state index is 0.00802. The summed E-state index contributed by atoms with van der Waals surface area (Å²) < 4.78 is 6.26. The van der Waals surface area contributed by atoms with Crippen molar-refractivity contribution in [1.82, 2.24) is 14.7 Å². The lowest BCUT2D eigenvalue weighted by molar-refractivity contribution is -0.133. The zero-order valence-electron chi connectivity index (χ0n) is 16.0. The third-order valence-corrected chi connectivity index (χ3v) is 4.11. The summed E-state index contributed by atoms with van der Waals surface area (Å²) in [5, 5.41) is 3.97. The van der Waals surface area contributed by atoms with Gasteiger partial charge in [0.2, 0.25) is 0 Å². The van der Waals surface area contributed by atoms with Crippen LogP contribution in [0.25, 0.3) is 0 Å². The van der Waals surface area contributed by atoms with Crippen molar-refractivity contribution in [3.63, 3.8) is 0 Å². The number of hydrogen-bond donors (Lipinski definition) is 0. The first-order valence-electron chi connectivity index (χ1n) is 9.01. The summed E-state index contributed by atoms with van der Waals surface area (Å²) in [6.45, 7) is 4.46. The summed E-state index contributed by atoms with van der Waals surface area (Å²) in [6, 6.07) is 10.6. The molecule has 7 heteroatoms. The molecule has 7 nitrogen and oxygen atoms in total. The van der Waals surface area contributed by atoms with Crippen LogP contribution in [0.5, 0.6) is 0 Å². The minimum Gasteiger partial charge on any atom is -0.451 e. The normalized spacial score (nSPS) is 10.5. The molecule has 0 aliphatic carbocycles. The predicted molar refractivity (Wildman–Crippen MR) is 101 cm³/mol. The molecule has 0 atom stereocenters. The van der Waals surface area contributed by atoms with Crippen molar-refractivity contribution >= 4 is 11.9 Å². The number of aromatic nitrogens is 2. The number of esters is 1. The highest BCUT2D eigenvalue weighted by Gasteiger charge is 2.16. The fourth-order valence-corrected chi connectivity index (χ4v) is 2.48. The van der Waals surface area contributed by atoms with E-state index in [9.17, 15) is 14.4 Å². The molecule has 2 rings (SSSR count). The van der Waals surface area contributed by atoms with Crippen LogP contribution in [0.4, 0.5) is 0 Å². The molecule has 0 saturated carbocycles. The largest absolute Gasteiger partial charge is 0.451 e. The fraction of sp³-hybridized carbons (Fsp3) is 0.400. The van der Waals surface area contributed by atoms with Crippen LogP contribution in [0, 0.1) is 0 Å². The van der Waals surface area contributed by atoms with Crippen LogP contribution in [0.1, 0.15) is 41.9 Å². The van der Waals surface area contributed by atoms with Gasteiger partial charge in [0.1, 0.15) is 0 Å². The third kappa shape index (κ3) is 5.77. The van der Waals surface area contributed by atoms with E-state index in [-0.39, 0.29) is 23.8 Å². The lowest BCUT2D eigenvalue weighted by Gasteiger charge is -2.17. The Kier molecular flexibility index (Phi) is 7.28. The molecule has 144 valence electrons. The van der Waals surface area contributed by atoms with Crippen LogP contribution >= 0.6 is 0 Å². The van der Waals surface area contributed by atoms with E-state index in [1.54, 1.807) is 7.05 Å². The van der Waals surface area contributed by atoms with Crippen molar-refractivity contribution in [2.75, 3.05) is 13.7 Å². The van der Waals surface area contributed by atoms with Crippen molar-refractivity contribution in [1.29, 1.82) is 0 Å². The second-order valence-electron chi connectivity index (χ2n) is 6.28. The van der Waals surface area contributed by atoms with Crippen molar-refractivity contribution in [3.05, 3.63) is 63.6 Å². The average Bonchev–Trinajstić information content (AvgIpc) is 2.68. The highest BCUT2D eigenvalue weighted by Crippen LogP contribution is 2.08. The van der Waals surface area contributed by atoms with E-state index in [0.29, 0.717) is 19.5 Å². The number of ether oxygens (including phenoxy) is 1. The van der Waals surface area contributed by atoms with Gasteiger partial charge in [0.15, 0.2) is 12.3 Å². The van der Waals surface area contributed by atoms with Gasteiger partial charge in [-0.15, -0.1) is 0 Å². The SMILES string of the molecule is CCCn1nc(C(=O)OCC(=O)N(C)Cc2ccc(CC)cc2)ccc1=O. The molecule has 0 saturated heterocycles. The zero-order valence-corrected chi connectivity index (χ0v) is 16.0. The van der Waals surface area contributed by atoms with Gasteiger partial charge in [-0.3, -0.25) is 9.59 Å². The Bertz CT molecular complexity index is 843. The first-order chi connectivity index (χ1) is 12.9. The van der Waals surface area contributed by atoms with E-state index in [1.807, 2.05) is 31.2 Å². The molecular formula is C20H25N3O4. The van der Waals surface area contributed by atoms with Gasteiger partial charge < -0.3 is 9.64 Å². The van der Waals surface area contributed by atoms with Crippen LogP contribution < -0.4 is 5.56 Å². The molecule has 0 bridgehead atoms. The zero-order chi connectivity index (χ0) is 19.8. The van der Waals surface area contributed by atoms with Crippen molar-refractivity contribution < 1.29 is 14.3 Å². The monoisotopic (exact) mass is 371 g/mol. The highest BCUT2D eigenvalue weighted by molar-refractivity contribution is 5.89. The van der Waals surface area contributed by atoms with E-state index in [4.69, 9.17) is 4.74 Å². The Labute approximate surface area is 158 Å². The minimum atomic E-state index is -0.728. The van der Waals surface area contributed by atoms with E-state index >= 15 is 0 Å². The number of rotatable bonds is 8. The van der Waals surface area contributed by atoms with Gasteiger partial charge in [-0.2, -0.15) is 5.10 Å². The second-order valence-corrected chi connectivity index (χ2v) is 6.28. The molecule has 1 aromatic carbocycles. The van der Waals surface area contributed by atoms with Gasteiger partial charge in [-0.1, -0.05) is 38.1 Å². The van der Waals surface area contributed by atoms with Gasteiger partial charge in [0, 0.05) is 26.2 Å². The molecule has 0 aliphatic heterocycles. The van der Waals surface area contributed by atoms with Crippen LogP contribution in [0.3, 0.4) is 0 Å². The maximum atomic E-state index is 12.2. The Morgan fingerprint density at radius 1 is 1.07 bits per heavy atom. The molecule has 2 aromatic rings. The number of carbonyl (C=O) groups excluding carboxylic acids is 2. The standard InChI is InChI=1S/C20H25N3O4/c1-4-12-23-18(24)11-10-17(21-23)20(26)27-14-19(25)22(3)13-16-8-6-15(5-2)7-9-16/h6-11H,4-5,12-14H2,1-3H3. The molecule has 0 fully saturated rings. The van der Waals surface area contributed by atoms with E-state index in [1.165, 1.54) is 27.3 Å². The number of hydrogen-bond acceptors (Lipinski definition) is 5. The molecule has 0 radical (unpaired) electrons. The summed E-state index contributed by atoms with van der Waals surface area (Å²) >= 11 is 0. The van der Waals surface area contributed by atoms with Crippen LogP contribution in [0.15, 0.2) is 41.2 Å². The number of aryl methyl sites for hydroxylation is 2. The lowest BCUT2D eigenvalue weighted by Crippen LogP contribution is -2.31. The number of likely N-dealkylation sites (N-methyl/N-ethyl adjacent to an activating group) is 1. The van der Waals surface area contributed by atoms with E-state index in [0.717, 1.165) is 12.0 Å². The van der Waals surface area contributed by atoms with Crippen molar-refractivity contribution in [3.8, 4) is 0 Å². The highest BCUT2D eigenvalue weighted by atomic mass is 16.5. The molecule has 1 aromatic heterocycles. The van der Waals surface area contributed by atoms with Crippen LogP contribution in [-0.2, 0) is 29.0 Å². The maximum absolute atomic E-state index is 12.2. The topological polar surface area (TPSA) is 81.5 Å². The smallest absolute Gasteiger partial charge is 0.359 e. The second kappa shape index (κ2) is 9.66. The van der Waals surface area contributed by atoms with Gasteiger partial charge in [0.25, 0.3) is 11.5 Å². The van der Waals surface area contributed by atoms with Gasteiger partial charge >= 0.3 is 5.97 Å². The molecule has 0 spiro atoms.